The van der Waals surface area contributed by atoms with E-state index in [4.69, 9.17) is 9.52 Å². The van der Waals surface area contributed by atoms with E-state index in [9.17, 15) is 19.7 Å². The molecule has 0 bridgehead atoms. The molecular formula is C13H6N2O6. The first-order valence-electron chi connectivity index (χ1n) is 5.71. The molecule has 0 fully saturated rings. The van der Waals surface area contributed by atoms with Gasteiger partial charge in [0.25, 0.3) is 5.69 Å². The fourth-order valence-electron chi connectivity index (χ4n) is 1.95. The molecule has 3 aromatic rings. The molecule has 0 aliphatic rings. The summed E-state index contributed by atoms with van der Waals surface area (Å²) in [5.41, 5.74) is -0.841. The molecule has 0 aliphatic heterocycles. The maximum absolute atomic E-state index is 12.3. The smallest absolute Gasteiger partial charge is 0.337 e. The summed E-state index contributed by atoms with van der Waals surface area (Å²) in [6.45, 7) is 0. The summed E-state index contributed by atoms with van der Waals surface area (Å²) in [6.07, 6.45) is 1.03. The van der Waals surface area contributed by atoms with Crippen molar-refractivity contribution in [3.63, 3.8) is 0 Å². The van der Waals surface area contributed by atoms with Crippen LogP contribution in [0.15, 0.2) is 39.7 Å². The molecule has 0 unspecified atom stereocenters. The van der Waals surface area contributed by atoms with Gasteiger partial charge in [-0.25, -0.2) is 9.78 Å². The van der Waals surface area contributed by atoms with Crippen molar-refractivity contribution in [2.75, 3.05) is 0 Å². The molecule has 2 aromatic heterocycles. The lowest BCUT2D eigenvalue weighted by Crippen LogP contribution is -2.06. The number of nitrogens with zero attached hydrogens (tertiary/aromatic N) is 2. The summed E-state index contributed by atoms with van der Waals surface area (Å²) in [5.74, 6) is -1.20. The summed E-state index contributed by atoms with van der Waals surface area (Å²) in [7, 11) is 0. The predicted molar refractivity (Wildman–Crippen MR) is 71.4 cm³/mol. The van der Waals surface area contributed by atoms with E-state index in [1.165, 1.54) is 18.2 Å². The minimum atomic E-state index is -1.20. The summed E-state index contributed by atoms with van der Waals surface area (Å²) in [5, 5.41) is 19.6. The Labute approximate surface area is 115 Å². The number of carboxylic acid groups (broad SMARTS) is 1. The first-order valence-corrected chi connectivity index (χ1v) is 5.71. The zero-order valence-electron chi connectivity index (χ0n) is 10.3. The van der Waals surface area contributed by atoms with Gasteiger partial charge in [-0.1, -0.05) is 0 Å². The number of pyridine rings is 1. The summed E-state index contributed by atoms with van der Waals surface area (Å²) in [6, 6.07) is 4.79. The number of nitro groups is 1. The zero-order chi connectivity index (χ0) is 15.1. The van der Waals surface area contributed by atoms with Gasteiger partial charge in [-0.05, 0) is 12.1 Å². The maximum atomic E-state index is 12.3. The fourth-order valence-corrected chi connectivity index (χ4v) is 1.95. The third-order valence-corrected chi connectivity index (χ3v) is 2.95. The molecule has 0 spiro atoms. The highest BCUT2D eigenvalue weighted by atomic mass is 16.6. The van der Waals surface area contributed by atoms with Gasteiger partial charge >= 0.3 is 5.97 Å². The minimum absolute atomic E-state index is 0.0150. The van der Waals surface area contributed by atoms with Gasteiger partial charge in [0.2, 0.25) is 5.43 Å². The summed E-state index contributed by atoms with van der Waals surface area (Å²) in [4.78, 5) is 37.0. The second kappa shape index (κ2) is 4.37. The number of aromatic nitrogens is 1. The number of carbonyl (C=O) groups is 1. The van der Waals surface area contributed by atoms with Crippen LogP contribution in [0.25, 0.3) is 22.1 Å². The Bertz CT molecular complexity index is 975. The standard InChI is InChI=1S/C13H6N2O6/c16-12-8-4-7(15(19)20)1-2-9(8)21-10-3-6(13(17)18)5-14-11(10)12/h1-5H,(H,17,18). The molecule has 0 atom stereocenters. The molecule has 1 N–H and O–H groups in total. The molecule has 8 nitrogen and oxygen atoms in total. The van der Waals surface area contributed by atoms with Gasteiger partial charge in [0.15, 0.2) is 11.1 Å². The number of carboxylic acids is 1. The quantitative estimate of drug-likeness (QED) is 0.433. The third-order valence-electron chi connectivity index (χ3n) is 2.95. The van der Waals surface area contributed by atoms with Crippen LogP contribution in [0.4, 0.5) is 5.69 Å². The van der Waals surface area contributed by atoms with Gasteiger partial charge in [0.1, 0.15) is 5.58 Å². The van der Waals surface area contributed by atoms with Crippen LogP contribution in [0.2, 0.25) is 0 Å². The van der Waals surface area contributed by atoms with E-state index in [1.807, 2.05) is 0 Å². The van der Waals surface area contributed by atoms with E-state index in [2.05, 4.69) is 4.98 Å². The van der Waals surface area contributed by atoms with Crippen molar-refractivity contribution in [1.82, 2.24) is 4.98 Å². The number of rotatable bonds is 2. The minimum Gasteiger partial charge on any atom is -0.478 e. The van der Waals surface area contributed by atoms with E-state index >= 15 is 0 Å². The van der Waals surface area contributed by atoms with Crippen LogP contribution in [0.1, 0.15) is 10.4 Å². The lowest BCUT2D eigenvalue weighted by atomic mass is 10.1. The van der Waals surface area contributed by atoms with E-state index < -0.39 is 16.3 Å². The van der Waals surface area contributed by atoms with Gasteiger partial charge in [0, 0.05) is 18.3 Å². The molecular weight excluding hydrogens is 280 g/mol. The molecule has 0 saturated heterocycles. The molecule has 21 heavy (non-hydrogen) atoms. The first-order chi connectivity index (χ1) is 9.97. The van der Waals surface area contributed by atoms with Crippen molar-refractivity contribution in [2.45, 2.75) is 0 Å². The van der Waals surface area contributed by atoms with Crippen LogP contribution in [-0.2, 0) is 0 Å². The SMILES string of the molecule is O=C(O)c1cnc2c(=O)c3cc([N+](=O)[O-])ccc3oc2c1. The highest BCUT2D eigenvalue weighted by molar-refractivity contribution is 5.93. The van der Waals surface area contributed by atoms with Crippen LogP contribution >= 0.6 is 0 Å². The maximum Gasteiger partial charge on any atom is 0.337 e. The lowest BCUT2D eigenvalue weighted by Gasteiger charge is -2.01. The second-order valence-corrected chi connectivity index (χ2v) is 4.24. The molecule has 0 amide bonds. The Hall–Kier alpha value is -3.29. The molecule has 0 radical (unpaired) electrons. The predicted octanol–water partition coefficient (Wildman–Crippen LogP) is 1.95. The summed E-state index contributed by atoms with van der Waals surface area (Å²) < 4.78 is 5.40. The number of nitro benzene ring substituents is 1. The van der Waals surface area contributed by atoms with Crippen molar-refractivity contribution in [3.05, 3.63) is 56.4 Å². The zero-order valence-corrected chi connectivity index (χ0v) is 10.3. The normalized spacial score (nSPS) is 10.9. The first kappa shape index (κ1) is 12.7. The molecule has 1 aromatic carbocycles. The van der Waals surface area contributed by atoms with E-state index in [0.29, 0.717) is 0 Å². The Morgan fingerprint density at radius 3 is 2.71 bits per heavy atom. The van der Waals surface area contributed by atoms with Gasteiger partial charge in [-0.2, -0.15) is 0 Å². The largest absolute Gasteiger partial charge is 0.478 e. The van der Waals surface area contributed by atoms with E-state index in [-0.39, 0.29) is 33.3 Å². The van der Waals surface area contributed by atoms with Crippen LogP contribution in [0.3, 0.4) is 0 Å². The number of benzene rings is 1. The third kappa shape index (κ3) is 1.98. The van der Waals surface area contributed by atoms with Crippen LogP contribution in [-0.4, -0.2) is 21.0 Å². The second-order valence-electron chi connectivity index (χ2n) is 4.24. The van der Waals surface area contributed by atoms with Gasteiger partial charge < -0.3 is 9.52 Å². The van der Waals surface area contributed by atoms with Crippen molar-refractivity contribution in [1.29, 1.82) is 0 Å². The topological polar surface area (TPSA) is 124 Å². The molecule has 8 heteroatoms. The van der Waals surface area contributed by atoms with Crippen molar-refractivity contribution < 1.29 is 19.2 Å². The molecule has 2 heterocycles. The average molecular weight is 286 g/mol. The van der Waals surface area contributed by atoms with E-state index in [1.54, 1.807) is 0 Å². The van der Waals surface area contributed by atoms with Crippen LogP contribution in [0, 0.1) is 10.1 Å². The number of fused-ring (bicyclic) bond motifs is 2. The number of non-ortho nitro benzene ring substituents is 1. The highest BCUT2D eigenvalue weighted by Gasteiger charge is 2.15. The Morgan fingerprint density at radius 1 is 1.29 bits per heavy atom. The van der Waals surface area contributed by atoms with Crippen molar-refractivity contribution in [2.24, 2.45) is 0 Å². The number of hydrogen-bond donors (Lipinski definition) is 1. The Balaban J connectivity index is 2.40. The lowest BCUT2D eigenvalue weighted by molar-refractivity contribution is -0.384. The van der Waals surface area contributed by atoms with Gasteiger partial charge in [0.05, 0.1) is 15.9 Å². The Morgan fingerprint density at radius 2 is 2.05 bits per heavy atom. The molecule has 0 aliphatic carbocycles. The summed E-state index contributed by atoms with van der Waals surface area (Å²) >= 11 is 0. The van der Waals surface area contributed by atoms with Gasteiger partial charge in [-0.3, -0.25) is 14.9 Å². The fraction of sp³-hybridized carbons (Fsp3) is 0. The molecule has 104 valence electrons. The van der Waals surface area contributed by atoms with Gasteiger partial charge in [-0.15, -0.1) is 0 Å². The van der Waals surface area contributed by atoms with E-state index in [0.717, 1.165) is 12.3 Å². The monoisotopic (exact) mass is 286 g/mol. The van der Waals surface area contributed by atoms with Crippen molar-refractivity contribution >= 4 is 33.7 Å². The molecule has 3 rings (SSSR count). The van der Waals surface area contributed by atoms with Crippen molar-refractivity contribution in [3.8, 4) is 0 Å². The Kier molecular flexibility index (Phi) is 2.65. The van der Waals surface area contributed by atoms with Crippen LogP contribution in [0.5, 0.6) is 0 Å². The average Bonchev–Trinajstić information content (AvgIpc) is 2.46. The van der Waals surface area contributed by atoms with Crippen LogP contribution < -0.4 is 5.43 Å². The number of aromatic carboxylic acids is 1. The molecule has 0 saturated carbocycles. The number of hydrogen-bond acceptors (Lipinski definition) is 6. The highest BCUT2D eigenvalue weighted by Crippen LogP contribution is 2.22.